The molecule has 4 rings (SSSR count). The molecule has 6 nitrogen and oxygen atoms in total. The Labute approximate surface area is 164 Å². The number of ether oxygens (including phenoxy) is 1. The Hall–Kier alpha value is -2.93. The van der Waals surface area contributed by atoms with Crippen LogP contribution in [0.25, 0.3) is 10.9 Å². The Morgan fingerprint density at radius 2 is 2.15 bits per heavy atom. The Balaban J connectivity index is 1.59. The summed E-state index contributed by atoms with van der Waals surface area (Å²) in [6.45, 7) is 1.79. The van der Waals surface area contributed by atoms with Crippen LogP contribution < -0.4 is 15.0 Å². The third-order valence-electron chi connectivity index (χ3n) is 4.41. The fourth-order valence-electron chi connectivity index (χ4n) is 3.11. The Bertz CT molecular complexity index is 1070. The lowest BCUT2D eigenvalue weighted by atomic mass is 10.1. The topological polar surface area (TPSA) is 71.5 Å². The van der Waals surface area contributed by atoms with Gasteiger partial charge in [-0.05, 0) is 48.9 Å². The highest BCUT2D eigenvalue weighted by atomic mass is 79.9. The van der Waals surface area contributed by atoms with Crippen molar-refractivity contribution in [3.05, 3.63) is 58.7 Å². The van der Waals surface area contributed by atoms with Gasteiger partial charge in [0.1, 0.15) is 12.3 Å². The van der Waals surface area contributed by atoms with Crippen molar-refractivity contribution in [3.63, 3.8) is 0 Å². The van der Waals surface area contributed by atoms with Gasteiger partial charge in [-0.1, -0.05) is 22.0 Å². The summed E-state index contributed by atoms with van der Waals surface area (Å²) >= 11 is 3.38. The molecule has 3 aromatic rings. The first kappa shape index (κ1) is 17.5. The number of hydrogen-bond acceptors (Lipinski definition) is 4. The number of hydrogen-bond donors (Lipinski definition) is 1. The molecule has 0 saturated heterocycles. The van der Waals surface area contributed by atoms with Crippen molar-refractivity contribution in [2.75, 3.05) is 23.4 Å². The molecular weight excluding hydrogens is 410 g/mol. The summed E-state index contributed by atoms with van der Waals surface area (Å²) in [5, 5.41) is 3.76. The van der Waals surface area contributed by atoms with E-state index in [1.54, 1.807) is 18.3 Å². The first-order chi connectivity index (χ1) is 13.0. The SMILES string of the molecule is Cc1ccc(NC(=O)CN2C(=O)COc3cc(Br)ccc32)c2cccnc12. The number of halogens is 1. The largest absolute Gasteiger partial charge is 0.482 e. The first-order valence-corrected chi connectivity index (χ1v) is 9.19. The van der Waals surface area contributed by atoms with Crippen molar-refractivity contribution < 1.29 is 14.3 Å². The second kappa shape index (κ2) is 7.00. The van der Waals surface area contributed by atoms with E-state index in [0.717, 1.165) is 20.9 Å². The Kier molecular flexibility index (Phi) is 4.53. The maximum Gasteiger partial charge on any atom is 0.265 e. The van der Waals surface area contributed by atoms with Crippen LogP contribution in [0.15, 0.2) is 53.1 Å². The van der Waals surface area contributed by atoms with Crippen LogP contribution in [0.4, 0.5) is 11.4 Å². The number of carbonyl (C=O) groups is 2. The zero-order valence-corrected chi connectivity index (χ0v) is 16.1. The number of aromatic nitrogens is 1. The number of fused-ring (bicyclic) bond motifs is 2. The first-order valence-electron chi connectivity index (χ1n) is 8.40. The molecule has 27 heavy (non-hydrogen) atoms. The maximum atomic E-state index is 12.7. The third kappa shape index (κ3) is 3.38. The predicted octanol–water partition coefficient (Wildman–Crippen LogP) is 3.67. The van der Waals surface area contributed by atoms with Crippen LogP contribution in [-0.2, 0) is 9.59 Å². The van der Waals surface area contributed by atoms with Crippen molar-refractivity contribution in [3.8, 4) is 5.75 Å². The number of benzene rings is 2. The number of nitrogens with one attached hydrogen (secondary N) is 1. The second-order valence-corrected chi connectivity index (χ2v) is 7.17. The lowest BCUT2D eigenvalue weighted by Gasteiger charge is -2.29. The molecule has 0 unspecified atom stereocenters. The molecule has 2 amide bonds. The summed E-state index contributed by atoms with van der Waals surface area (Å²) in [5.74, 6) is 0.0327. The van der Waals surface area contributed by atoms with Gasteiger partial charge in [0.2, 0.25) is 5.91 Å². The Morgan fingerprint density at radius 3 is 3.00 bits per heavy atom. The molecule has 1 aliphatic heterocycles. The summed E-state index contributed by atoms with van der Waals surface area (Å²) in [4.78, 5) is 30.8. The van der Waals surface area contributed by atoms with Gasteiger partial charge in [-0.25, -0.2) is 0 Å². The van der Waals surface area contributed by atoms with Crippen LogP contribution in [-0.4, -0.2) is 29.9 Å². The van der Waals surface area contributed by atoms with Gasteiger partial charge >= 0.3 is 0 Å². The fraction of sp³-hybridized carbons (Fsp3) is 0.150. The van der Waals surface area contributed by atoms with Crippen molar-refractivity contribution in [2.24, 2.45) is 0 Å². The van der Waals surface area contributed by atoms with Crippen LogP contribution in [0.5, 0.6) is 5.75 Å². The van der Waals surface area contributed by atoms with Crippen LogP contribution in [0.1, 0.15) is 5.56 Å². The van der Waals surface area contributed by atoms with E-state index in [2.05, 4.69) is 26.2 Å². The lowest BCUT2D eigenvalue weighted by Crippen LogP contribution is -2.43. The van der Waals surface area contributed by atoms with Gasteiger partial charge in [0.25, 0.3) is 5.91 Å². The minimum Gasteiger partial charge on any atom is -0.482 e. The van der Waals surface area contributed by atoms with E-state index in [0.29, 0.717) is 17.1 Å². The summed E-state index contributed by atoms with van der Waals surface area (Å²) in [5.41, 5.74) is 3.13. The highest BCUT2D eigenvalue weighted by molar-refractivity contribution is 9.10. The summed E-state index contributed by atoms with van der Waals surface area (Å²) in [7, 11) is 0. The lowest BCUT2D eigenvalue weighted by molar-refractivity contribution is -0.123. The fourth-order valence-corrected chi connectivity index (χ4v) is 3.45. The van der Waals surface area contributed by atoms with Gasteiger partial charge in [-0.15, -0.1) is 0 Å². The smallest absolute Gasteiger partial charge is 0.265 e. The molecule has 0 radical (unpaired) electrons. The van der Waals surface area contributed by atoms with E-state index < -0.39 is 0 Å². The molecule has 0 spiro atoms. The van der Waals surface area contributed by atoms with Gasteiger partial charge in [0.15, 0.2) is 6.61 Å². The number of amides is 2. The minimum atomic E-state index is -0.284. The molecule has 0 fully saturated rings. The minimum absolute atomic E-state index is 0.0892. The zero-order valence-electron chi connectivity index (χ0n) is 14.5. The van der Waals surface area contributed by atoms with Crippen LogP contribution in [0.3, 0.4) is 0 Å². The number of pyridine rings is 1. The van der Waals surface area contributed by atoms with Gasteiger partial charge in [-0.3, -0.25) is 19.5 Å². The zero-order chi connectivity index (χ0) is 19.0. The quantitative estimate of drug-likeness (QED) is 0.694. The average Bonchev–Trinajstić information content (AvgIpc) is 2.66. The van der Waals surface area contributed by atoms with E-state index >= 15 is 0 Å². The normalized spacial score (nSPS) is 13.3. The molecule has 1 N–H and O–H groups in total. The molecule has 1 aromatic heterocycles. The van der Waals surface area contributed by atoms with Gasteiger partial charge in [0, 0.05) is 16.1 Å². The predicted molar refractivity (Wildman–Crippen MR) is 107 cm³/mol. The molecule has 7 heteroatoms. The van der Waals surface area contributed by atoms with E-state index in [9.17, 15) is 9.59 Å². The molecule has 2 heterocycles. The number of aryl methyl sites for hydroxylation is 1. The van der Waals surface area contributed by atoms with Crippen LogP contribution >= 0.6 is 15.9 Å². The third-order valence-corrected chi connectivity index (χ3v) is 4.91. The van der Waals surface area contributed by atoms with E-state index in [1.807, 2.05) is 37.3 Å². The van der Waals surface area contributed by atoms with Crippen molar-refractivity contribution in [1.29, 1.82) is 0 Å². The van der Waals surface area contributed by atoms with Gasteiger partial charge in [-0.2, -0.15) is 0 Å². The molecular formula is C20H16BrN3O3. The molecule has 1 aliphatic rings. The van der Waals surface area contributed by atoms with E-state index in [4.69, 9.17) is 4.74 Å². The van der Waals surface area contributed by atoms with E-state index in [1.165, 1.54) is 4.90 Å². The molecule has 0 atom stereocenters. The number of nitrogens with zero attached hydrogens (tertiary/aromatic N) is 2. The highest BCUT2D eigenvalue weighted by Gasteiger charge is 2.27. The van der Waals surface area contributed by atoms with Gasteiger partial charge in [0.05, 0.1) is 16.9 Å². The molecule has 0 saturated carbocycles. The van der Waals surface area contributed by atoms with Crippen LogP contribution in [0, 0.1) is 6.92 Å². The molecule has 0 bridgehead atoms. The second-order valence-electron chi connectivity index (χ2n) is 6.26. The van der Waals surface area contributed by atoms with E-state index in [-0.39, 0.29) is 25.0 Å². The number of carbonyl (C=O) groups excluding carboxylic acids is 2. The molecule has 136 valence electrons. The summed E-state index contributed by atoms with van der Waals surface area (Å²) < 4.78 is 6.30. The van der Waals surface area contributed by atoms with Crippen molar-refractivity contribution in [2.45, 2.75) is 6.92 Å². The summed E-state index contributed by atoms with van der Waals surface area (Å²) in [6, 6.07) is 12.9. The number of rotatable bonds is 3. The monoisotopic (exact) mass is 425 g/mol. The summed E-state index contributed by atoms with van der Waals surface area (Å²) in [6.07, 6.45) is 1.72. The van der Waals surface area contributed by atoms with Crippen LogP contribution in [0.2, 0.25) is 0 Å². The maximum absolute atomic E-state index is 12.7. The van der Waals surface area contributed by atoms with Crippen molar-refractivity contribution >= 4 is 50.0 Å². The van der Waals surface area contributed by atoms with Gasteiger partial charge < -0.3 is 10.1 Å². The Morgan fingerprint density at radius 1 is 1.30 bits per heavy atom. The standard InChI is InChI=1S/C20H16BrN3O3/c1-12-4-6-15(14-3-2-8-22-20(12)14)23-18(25)10-24-16-7-5-13(21)9-17(16)27-11-19(24)26/h2-9H,10-11H2,1H3,(H,23,25). The average molecular weight is 426 g/mol. The highest BCUT2D eigenvalue weighted by Crippen LogP contribution is 2.34. The molecule has 0 aliphatic carbocycles. The molecule has 2 aromatic carbocycles. The van der Waals surface area contributed by atoms with Crippen molar-refractivity contribution in [1.82, 2.24) is 4.98 Å². The number of anilines is 2.